The molecule has 7 heteroatoms. The zero-order valence-electron chi connectivity index (χ0n) is 7.35. The summed E-state index contributed by atoms with van der Waals surface area (Å²) in [5.41, 5.74) is 1.58. The largest absolute Gasteiger partial charge is 0.282 e. The van der Waals surface area contributed by atoms with E-state index < -0.39 is 0 Å². The molecule has 0 atom stereocenters. The van der Waals surface area contributed by atoms with Crippen molar-refractivity contribution >= 4 is 43.2 Å². The van der Waals surface area contributed by atoms with Crippen molar-refractivity contribution in [1.82, 2.24) is 14.8 Å². The Balaban J connectivity index is 2.38. The molecule has 0 saturated carbocycles. The third-order valence-electron chi connectivity index (χ3n) is 1.73. The summed E-state index contributed by atoms with van der Waals surface area (Å²) >= 11 is 7.93. The van der Waals surface area contributed by atoms with Crippen LogP contribution in [0.5, 0.6) is 0 Å². The van der Waals surface area contributed by atoms with Crippen LogP contribution in [0.3, 0.4) is 0 Å². The fourth-order valence-corrected chi connectivity index (χ4v) is 2.17. The Bertz CT molecular complexity index is 523. The van der Waals surface area contributed by atoms with E-state index in [9.17, 15) is 4.79 Å². The molecule has 2 heterocycles. The van der Waals surface area contributed by atoms with E-state index in [1.807, 2.05) is 0 Å². The molecule has 0 radical (unpaired) electrons. The van der Waals surface area contributed by atoms with E-state index in [-0.39, 0.29) is 5.56 Å². The van der Waals surface area contributed by atoms with E-state index in [4.69, 9.17) is 0 Å². The Morgan fingerprint density at radius 1 is 1.40 bits per heavy atom. The lowest BCUT2D eigenvalue weighted by molar-refractivity contribution is 0.638. The first kappa shape index (κ1) is 11.0. The molecule has 2 aromatic rings. The SMILES string of the molecule is O=c1c(Br)c(Br)cnn1Cc1cncs1. The first-order chi connectivity index (χ1) is 7.18. The zero-order valence-corrected chi connectivity index (χ0v) is 11.3. The maximum absolute atomic E-state index is 11.7. The molecule has 2 rings (SSSR count). The molecule has 4 nitrogen and oxygen atoms in total. The molecule has 0 aliphatic heterocycles. The summed E-state index contributed by atoms with van der Waals surface area (Å²) in [7, 11) is 0. The van der Waals surface area contributed by atoms with E-state index >= 15 is 0 Å². The molecule has 78 valence electrons. The first-order valence-electron chi connectivity index (χ1n) is 3.97. The number of halogens is 2. The van der Waals surface area contributed by atoms with Gasteiger partial charge in [-0.05, 0) is 31.9 Å². The van der Waals surface area contributed by atoms with Crippen LogP contribution in [0.25, 0.3) is 0 Å². The standard InChI is InChI=1S/C8H5Br2N3OS/c9-6-2-12-13(8(14)7(6)10)3-5-1-11-4-15-5/h1-2,4H,3H2. The lowest BCUT2D eigenvalue weighted by atomic mass is 10.5. The highest BCUT2D eigenvalue weighted by molar-refractivity contribution is 9.13. The van der Waals surface area contributed by atoms with E-state index in [1.54, 1.807) is 17.9 Å². The van der Waals surface area contributed by atoms with Crippen LogP contribution in [0.15, 0.2) is 31.6 Å². The van der Waals surface area contributed by atoms with Crippen molar-refractivity contribution in [2.45, 2.75) is 6.54 Å². The molecule has 2 aromatic heterocycles. The summed E-state index contributed by atoms with van der Waals surface area (Å²) in [5.74, 6) is 0. The average molecular weight is 351 g/mol. The Hall–Kier alpha value is -0.530. The predicted molar refractivity (Wildman–Crippen MR) is 65.1 cm³/mol. The van der Waals surface area contributed by atoms with Gasteiger partial charge < -0.3 is 0 Å². The van der Waals surface area contributed by atoms with E-state index in [1.165, 1.54) is 16.0 Å². The fraction of sp³-hybridized carbons (Fsp3) is 0.125. The number of rotatable bonds is 2. The van der Waals surface area contributed by atoms with Crippen LogP contribution < -0.4 is 5.56 Å². The van der Waals surface area contributed by atoms with Gasteiger partial charge in [0.05, 0.1) is 22.7 Å². The zero-order chi connectivity index (χ0) is 10.8. The molecule has 0 fully saturated rings. The van der Waals surface area contributed by atoms with Gasteiger partial charge in [0.15, 0.2) is 0 Å². The highest BCUT2D eigenvalue weighted by Gasteiger charge is 2.07. The van der Waals surface area contributed by atoms with Gasteiger partial charge in [-0.1, -0.05) is 0 Å². The van der Waals surface area contributed by atoms with Gasteiger partial charge in [0.2, 0.25) is 0 Å². The van der Waals surface area contributed by atoms with Crippen LogP contribution in [0.4, 0.5) is 0 Å². The van der Waals surface area contributed by atoms with Gasteiger partial charge in [-0.2, -0.15) is 5.10 Å². The maximum atomic E-state index is 11.7. The van der Waals surface area contributed by atoms with Crippen molar-refractivity contribution in [3.63, 3.8) is 0 Å². The van der Waals surface area contributed by atoms with Crippen molar-refractivity contribution < 1.29 is 0 Å². The quantitative estimate of drug-likeness (QED) is 0.834. The monoisotopic (exact) mass is 349 g/mol. The van der Waals surface area contributed by atoms with Crippen molar-refractivity contribution in [3.8, 4) is 0 Å². The van der Waals surface area contributed by atoms with Crippen molar-refractivity contribution in [3.05, 3.63) is 42.1 Å². The van der Waals surface area contributed by atoms with Crippen molar-refractivity contribution in [2.75, 3.05) is 0 Å². The summed E-state index contributed by atoms with van der Waals surface area (Å²) in [6.45, 7) is 0.454. The first-order valence-corrected chi connectivity index (χ1v) is 6.43. The third kappa shape index (κ3) is 2.35. The Labute approximate surface area is 106 Å². The van der Waals surface area contributed by atoms with Gasteiger partial charge in [0, 0.05) is 11.1 Å². The lowest BCUT2D eigenvalue weighted by Gasteiger charge is -2.03. The van der Waals surface area contributed by atoms with Gasteiger partial charge in [-0.3, -0.25) is 9.78 Å². The van der Waals surface area contributed by atoms with Gasteiger partial charge >= 0.3 is 0 Å². The molecule has 0 amide bonds. The van der Waals surface area contributed by atoms with Crippen molar-refractivity contribution in [1.29, 1.82) is 0 Å². The lowest BCUT2D eigenvalue weighted by Crippen LogP contribution is -2.23. The number of thiazole rings is 1. The third-order valence-corrected chi connectivity index (χ3v) is 4.40. The Morgan fingerprint density at radius 2 is 2.20 bits per heavy atom. The summed E-state index contributed by atoms with van der Waals surface area (Å²) in [5, 5.41) is 4.02. The summed E-state index contributed by atoms with van der Waals surface area (Å²) in [4.78, 5) is 16.7. The van der Waals surface area contributed by atoms with E-state index in [0.29, 0.717) is 15.5 Å². The van der Waals surface area contributed by atoms with Crippen LogP contribution >= 0.6 is 43.2 Å². The molecule has 0 aromatic carbocycles. The van der Waals surface area contributed by atoms with Gasteiger partial charge in [0.1, 0.15) is 4.47 Å². The van der Waals surface area contributed by atoms with Gasteiger partial charge in [-0.25, -0.2) is 4.68 Å². The molecule has 15 heavy (non-hydrogen) atoms. The number of hydrogen-bond donors (Lipinski definition) is 0. The molecule has 0 bridgehead atoms. The number of nitrogens with zero attached hydrogens (tertiary/aromatic N) is 3. The molecule has 0 spiro atoms. The van der Waals surface area contributed by atoms with Crippen LogP contribution in [0.2, 0.25) is 0 Å². The second kappa shape index (κ2) is 4.54. The van der Waals surface area contributed by atoms with E-state index in [0.717, 1.165) is 4.88 Å². The fourth-order valence-electron chi connectivity index (χ4n) is 1.03. The number of hydrogen-bond acceptors (Lipinski definition) is 4. The van der Waals surface area contributed by atoms with Crippen LogP contribution in [0.1, 0.15) is 4.88 Å². The molecule has 0 saturated heterocycles. The van der Waals surface area contributed by atoms with Crippen LogP contribution in [-0.4, -0.2) is 14.8 Å². The molecule has 0 unspecified atom stereocenters. The van der Waals surface area contributed by atoms with Crippen LogP contribution in [0, 0.1) is 0 Å². The van der Waals surface area contributed by atoms with E-state index in [2.05, 4.69) is 41.9 Å². The van der Waals surface area contributed by atoms with Crippen molar-refractivity contribution in [2.24, 2.45) is 0 Å². The Kier molecular flexibility index (Phi) is 3.32. The average Bonchev–Trinajstić information content (AvgIpc) is 2.72. The molecule has 0 aliphatic rings. The highest BCUT2D eigenvalue weighted by atomic mass is 79.9. The summed E-state index contributed by atoms with van der Waals surface area (Å²) in [6.07, 6.45) is 3.32. The predicted octanol–water partition coefficient (Wildman–Crippen LogP) is 2.27. The molecular formula is C8H5Br2N3OS. The summed E-state index contributed by atoms with van der Waals surface area (Å²) in [6, 6.07) is 0. The molecule has 0 N–H and O–H groups in total. The highest BCUT2D eigenvalue weighted by Crippen LogP contribution is 2.17. The second-order valence-electron chi connectivity index (χ2n) is 2.74. The van der Waals surface area contributed by atoms with Gasteiger partial charge in [-0.15, -0.1) is 11.3 Å². The normalized spacial score (nSPS) is 10.5. The maximum Gasteiger partial charge on any atom is 0.282 e. The summed E-state index contributed by atoms with van der Waals surface area (Å²) < 4.78 is 2.54. The number of aromatic nitrogens is 3. The topological polar surface area (TPSA) is 47.8 Å². The smallest absolute Gasteiger partial charge is 0.266 e. The van der Waals surface area contributed by atoms with Gasteiger partial charge in [0.25, 0.3) is 5.56 Å². The minimum absolute atomic E-state index is 0.155. The second-order valence-corrected chi connectivity index (χ2v) is 5.36. The molecular weight excluding hydrogens is 346 g/mol. The van der Waals surface area contributed by atoms with Crippen LogP contribution in [-0.2, 0) is 6.54 Å². The Morgan fingerprint density at radius 3 is 2.87 bits per heavy atom. The minimum Gasteiger partial charge on any atom is -0.266 e. The minimum atomic E-state index is -0.155. The molecule has 0 aliphatic carbocycles.